The number of imidazole rings is 1. The van der Waals surface area contributed by atoms with Crippen LogP contribution in [0.1, 0.15) is 12.8 Å². The van der Waals surface area contributed by atoms with Gasteiger partial charge in [0.25, 0.3) is 10.0 Å². The van der Waals surface area contributed by atoms with Crippen molar-refractivity contribution in [2.24, 2.45) is 5.92 Å². The van der Waals surface area contributed by atoms with Crippen molar-refractivity contribution in [2.45, 2.75) is 18.0 Å². The number of benzene rings is 1. The van der Waals surface area contributed by atoms with Gasteiger partial charge < -0.3 is 10.3 Å². The summed E-state index contributed by atoms with van der Waals surface area (Å²) in [7, 11) is -3.56. The van der Waals surface area contributed by atoms with Crippen molar-refractivity contribution in [2.75, 3.05) is 19.6 Å². The van der Waals surface area contributed by atoms with E-state index in [0.29, 0.717) is 18.0 Å². The standard InChI is InChI=1S/C13H18N4O2S/c18-20(19,15-9-10-5-7-14-8-6-10)13-16-11-3-1-2-4-12(11)17-13/h1-4,10,14-15H,5-9H2,(H,16,17). The third kappa shape index (κ3) is 2.84. The summed E-state index contributed by atoms with van der Waals surface area (Å²) in [4.78, 5) is 6.98. The first-order chi connectivity index (χ1) is 9.65. The Labute approximate surface area is 118 Å². The molecule has 2 heterocycles. The molecule has 0 radical (unpaired) electrons. The van der Waals surface area contributed by atoms with Gasteiger partial charge in [-0.2, -0.15) is 0 Å². The van der Waals surface area contributed by atoms with Gasteiger partial charge >= 0.3 is 0 Å². The van der Waals surface area contributed by atoms with Gasteiger partial charge in [0, 0.05) is 6.54 Å². The summed E-state index contributed by atoms with van der Waals surface area (Å²) >= 11 is 0. The first-order valence-corrected chi connectivity index (χ1v) is 8.28. The molecule has 3 rings (SSSR count). The molecule has 0 aliphatic carbocycles. The van der Waals surface area contributed by atoms with E-state index in [4.69, 9.17) is 0 Å². The molecule has 1 aliphatic rings. The van der Waals surface area contributed by atoms with E-state index in [0.717, 1.165) is 31.4 Å². The number of aromatic amines is 1. The van der Waals surface area contributed by atoms with Crippen molar-refractivity contribution in [3.63, 3.8) is 0 Å². The molecule has 0 amide bonds. The summed E-state index contributed by atoms with van der Waals surface area (Å²) in [6.45, 7) is 2.38. The number of H-pyrrole nitrogens is 1. The largest absolute Gasteiger partial charge is 0.328 e. The van der Waals surface area contributed by atoms with Gasteiger partial charge in [0.05, 0.1) is 11.0 Å². The fourth-order valence-corrected chi connectivity index (χ4v) is 3.49. The highest BCUT2D eigenvalue weighted by Crippen LogP contribution is 2.15. The number of nitrogens with zero attached hydrogens (tertiary/aromatic N) is 1. The van der Waals surface area contributed by atoms with Gasteiger partial charge in [-0.05, 0) is 44.0 Å². The maximum absolute atomic E-state index is 12.2. The van der Waals surface area contributed by atoms with Gasteiger partial charge in [-0.25, -0.2) is 18.1 Å². The molecule has 7 heteroatoms. The van der Waals surface area contributed by atoms with Crippen LogP contribution in [0.2, 0.25) is 0 Å². The minimum absolute atomic E-state index is 0.00682. The topological polar surface area (TPSA) is 86.9 Å². The molecule has 3 N–H and O–H groups in total. The van der Waals surface area contributed by atoms with Gasteiger partial charge in [0.15, 0.2) is 0 Å². The normalized spacial score (nSPS) is 17.6. The lowest BCUT2D eigenvalue weighted by molar-refractivity contribution is 0.372. The van der Waals surface area contributed by atoms with E-state index in [1.165, 1.54) is 0 Å². The smallest absolute Gasteiger partial charge is 0.274 e. The Morgan fingerprint density at radius 2 is 2.00 bits per heavy atom. The average Bonchev–Trinajstić information content (AvgIpc) is 2.91. The van der Waals surface area contributed by atoms with E-state index >= 15 is 0 Å². The maximum Gasteiger partial charge on any atom is 0.274 e. The summed E-state index contributed by atoms with van der Waals surface area (Å²) in [5, 5.41) is 3.26. The zero-order chi connectivity index (χ0) is 14.0. The number of piperidine rings is 1. The van der Waals surface area contributed by atoms with Gasteiger partial charge in [0.1, 0.15) is 0 Å². The van der Waals surface area contributed by atoms with Crippen molar-refractivity contribution in [3.05, 3.63) is 24.3 Å². The molecular formula is C13H18N4O2S. The van der Waals surface area contributed by atoms with Crippen LogP contribution in [0.15, 0.2) is 29.4 Å². The third-order valence-corrected chi connectivity index (χ3v) is 4.89. The van der Waals surface area contributed by atoms with Crippen LogP contribution in [-0.2, 0) is 10.0 Å². The van der Waals surface area contributed by atoms with Crippen molar-refractivity contribution in [1.29, 1.82) is 0 Å². The van der Waals surface area contributed by atoms with Crippen LogP contribution in [-0.4, -0.2) is 38.0 Å². The van der Waals surface area contributed by atoms with Crippen molar-refractivity contribution in [1.82, 2.24) is 20.0 Å². The van der Waals surface area contributed by atoms with Crippen molar-refractivity contribution < 1.29 is 8.42 Å². The van der Waals surface area contributed by atoms with Crippen LogP contribution in [0.4, 0.5) is 0 Å². The predicted molar refractivity (Wildman–Crippen MR) is 76.9 cm³/mol. The molecule has 0 atom stereocenters. The van der Waals surface area contributed by atoms with E-state index in [-0.39, 0.29) is 5.16 Å². The summed E-state index contributed by atoms with van der Waals surface area (Å²) in [5.74, 6) is 0.399. The molecule has 2 aromatic rings. The van der Waals surface area contributed by atoms with Crippen LogP contribution in [0.25, 0.3) is 11.0 Å². The number of aromatic nitrogens is 2. The number of fused-ring (bicyclic) bond motifs is 1. The van der Waals surface area contributed by atoms with Gasteiger partial charge in [-0.3, -0.25) is 0 Å². The van der Waals surface area contributed by atoms with Crippen molar-refractivity contribution >= 4 is 21.1 Å². The Hall–Kier alpha value is -1.44. The second-order valence-electron chi connectivity index (χ2n) is 5.10. The van der Waals surface area contributed by atoms with E-state index < -0.39 is 10.0 Å². The Morgan fingerprint density at radius 3 is 2.75 bits per heavy atom. The molecule has 20 heavy (non-hydrogen) atoms. The van der Waals surface area contributed by atoms with Crippen LogP contribution in [0.5, 0.6) is 0 Å². The summed E-state index contributed by atoms with van der Waals surface area (Å²) in [5.41, 5.74) is 1.39. The number of hydrogen-bond acceptors (Lipinski definition) is 4. The van der Waals surface area contributed by atoms with Gasteiger partial charge in [0.2, 0.25) is 5.16 Å². The number of hydrogen-bond donors (Lipinski definition) is 3. The summed E-state index contributed by atoms with van der Waals surface area (Å²) in [6.07, 6.45) is 2.01. The summed E-state index contributed by atoms with van der Waals surface area (Å²) < 4.78 is 27.1. The number of nitrogens with one attached hydrogen (secondary N) is 3. The molecule has 1 aliphatic heterocycles. The molecule has 0 spiro atoms. The van der Waals surface area contributed by atoms with Crippen LogP contribution in [0.3, 0.4) is 0 Å². The number of rotatable bonds is 4. The average molecular weight is 294 g/mol. The predicted octanol–water partition coefficient (Wildman–Crippen LogP) is 0.841. The van der Waals surface area contributed by atoms with Crippen molar-refractivity contribution in [3.8, 4) is 0 Å². The van der Waals surface area contributed by atoms with Gasteiger partial charge in [-0.1, -0.05) is 12.1 Å². The molecule has 0 unspecified atom stereocenters. The van der Waals surface area contributed by atoms with E-state index in [1.54, 1.807) is 6.07 Å². The van der Waals surface area contributed by atoms with Crippen LogP contribution in [0, 0.1) is 5.92 Å². The highest BCUT2D eigenvalue weighted by molar-refractivity contribution is 7.89. The zero-order valence-corrected chi connectivity index (χ0v) is 11.9. The molecule has 0 bridgehead atoms. The minimum atomic E-state index is -3.56. The van der Waals surface area contributed by atoms with Crippen LogP contribution >= 0.6 is 0 Å². The maximum atomic E-state index is 12.2. The fourth-order valence-electron chi connectivity index (χ4n) is 2.44. The Morgan fingerprint density at radius 1 is 1.25 bits per heavy atom. The van der Waals surface area contributed by atoms with Crippen LogP contribution < -0.4 is 10.0 Å². The van der Waals surface area contributed by atoms with E-state index in [9.17, 15) is 8.42 Å². The number of para-hydroxylation sites is 2. The second kappa shape index (κ2) is 5.51. The monoisotopic (exact) mass is 294 g/mol. The molecule has 1 aromatic carbocycles. The molecule has 1 aromatic heterocycles. The quantitative estimate of drug-likeness (QED) is 0.780. The Bertz CT molecular complexity index is 656. The molecule has 1 saturated heterocycles. The molecule has 0 saturated carbocycles. The van der Waals surface area contributed by atoms with E-state index in [1.807, 2.05) is 18.2 Å². The molecule has 108 valence electrons. The lowest BCUT2D eigenvalue weighted by Gasteiger charge is -2.22. The zero-order valence-electron chi connectivity index (χ0n) is 11.1. The lowest BCUT2D eigenvalue weighted by Crippen LogP contribution is -2.36. The molecule has 6 nitrogen and oxygen atoms in total. The minimum Gasteiger partial charge on any atom is -0.328 e. The highest BCUT2D eigenvalue weighted by atomic mass is 32.2. The van der Waals surface area contributed by atoms with Gasteiger partial charge in [-0.15, -0.1) is 0 Å². The fraction of sp³-hybridized carbons (Fsp3) is 0.462. The SMILES string of the molecule is O=S(=O)(NCC1CCNCC1)c1nc2ccccc2[nH]1. The third-order valence-electron chi connectivity index (χ3n) is 3.64. The molecule has 1 fully saturated rings. The number of sulfonamides is 1. The Balaban J connectivity index is 1.73. The second-order valence-corrected chi connectivity index (χ2v) is 6.79. The Kier molecular flexibility index (Phi) is 3.73. The lowest BCUT2D eigenvalue weighted by atomic mass is 9.99. The summed E-state index contributed by atoms with van der Waals surface area (Å²) in [6, 6.07) is 7.28. The highest BCUT2D eigenvalue weighted by Gasteiger charge is 2.21. The first kappa shape index (κ1) is 13.5. The first-order valence-electron chi connectivity index (χ1n) is 6.80. The molecular weight excluding hydrogens is 276 g/mol. The van der Waals surface area contributed by atoms with E-state index in [2.05, 4.69) is 20.0 Å².